The Labute approximate surface area is 134 Å². The second kappa shape index (κ2) is 16.3. The molecule has 0 aromatic rings. The fourth-order valence-electron chi connectivity index (χ4n) is 1.74. The van der Waals surface area contributed by atoms with Crippen molar-refractivity contribution in [3.63, 3.8) is 0 Å². The second-order valence-corrected chi connectivity index (χ2v) is 5.06. The monoisotopic (exact) mass is 314 g/mol. The van der Waals surface area contributed by atoms with Crippen LogP contribution in [0.3, 0.4) is 0 Å². The molecular weight excluding hydrogens is 284 g/mol. The van der Waals surface area contributed by atoms with E-state index < -0.39 is 0 Å². The van der Waals surface area contributed by atoms with Gasteiger partial charge in [-0.2, -0.15) is 0 Å². The van der Waals surface area contributed by atoms with Crippen molar-refractivity contribution >= 4 is 5.97 Å². The van der Waals surface area contributed by atoms with E-state index in [0.29, 0.717) is 20.0 Å². The zero-order valence-electron chi connectivity index (χ0n) is 14.2. The zero-order chi connectivity index (χ0) is 16.5. The van der Waals surface area contributed by atoms with Crippen molar-refractivity contribution in [3.05, 3.63) is 0 Å². The van der Waals surface area contributed by atoms with Gasteiger partial charge in [-0.25, -0.2) is 0 Å². The molecule has 1 atom stereocenters. The first-order valence-electron chi connectivity index (χ1n) is 7.91. The second-order valence-electron chi connectivity index (χ2n) is 5.06. The molecule has 0 rings (SSSR count). The van der Waals surface area contributed by atoms with Crippen LogP contribution in [0.25, 0.3) is 0 Å². The van der Waals surface area contributed by atoms with Gasteiger partial charge in [0.15, 0.2) is 0 Å². The summed E-state index contributed by atoms with van der Waals surface area (Å²) in [6.07, 6.45) is 6.86. The summed E-state index contributed by atoms with van der Waals surface area (Å²) in [6.45, 7) is 3.57. The van der Waals surface area contributed by atoms with E-state index in [9.17, 15) is 4.79 Å². The number of methoxy groups -OCH3 is 2. The highest BCUT2D eigenvalue weighted by Crippen LogP contribution is 2.09. The van der Waals surface area contributed by atoms with Gasteiger partial charge in [0, 0.05) is 13.5 Å². The van der Waals surface area contributed by atoms with Gasteiger partial charge in [0.2, 0.25) is 0 Å². The minimum absolute atomic E-state index is 0.192. The van der Waals surface area contributed by atoms with Crippen molar-refractivity contribution in [2.75, 3.05) is 34.2 Å². The van der Waals surface area contributed by atoms with Crippen LogP contribution in [-0.4, -0.2) is 46.3 Å². The van der Waals surface area contributed by atoms with E-state index in [4.69, 9.17) is 14.2 Å². The van der Waals surface area contributed by atoms with Crippen LogP contribution < -0.4 is 0 Å². The van der Waals surface area contributed by atoms with Gasteiger partial charge in [-0.15, -0.1) is 5.92 Å². The van der Waals surface area contributed by atoms with E-state index in [2.05, 4.69) is 23.5 Å². The van der Waals surface area contributed by atoms with Crippen LogP contribution in [-0.2, 0) is 23.7 Å². The Morgan fingerprint density at radius 1 is 1.05 bits per heavy atom. The van der Waals surface area contributed by atoms with Gasteiger partial charge in [0.1, 0.15) is 13.2 Å². The van der Waals surface area contributed by atoms with Crippen molar-refractivity contribution in [1.29, 1.82) is 0 Å². The Hall–Kier alpha value is -1.09. The molecule has 0 saturated heterocycles. The smallest absolute Gasteiger partial charge is 0.317 e. The van der Waals surface area contributed by atoms with E-state index in [1.54, 1.807) is 7.11 Å². The molecule has 0 N–H and O–H groups in total. The summed E-state index contributed by atoms with van der Waals surface area (Å²) < 4.78 is 20.2. The summed E-state index contributed by atoms with van der Waals surface area (Å²) in [5, 5.41) is 0. The Balaban J connectivity index is 3.29. The number of unbranched alkanes of at least 4 members (excludes halogenated alkanes) is 4. The molecule has 0 amide bonds. The molecular formula is C17H30O5. The minimum atomic E-state index is -0.271. The van der Waals surface area contributed by atoms with E-state index in [0.717, 1.165) is 32.1 Å². The van der Waals surface area contributed by atoms with Gasteiger partial charge in [-0.3, -0.25) is 4.79 Å². The third-order valence-corrected chi connectivity index (χ3v) is 3.12. The number of carbonyl (C=O) groups is 1. The lowest BCUT2D eigenvalue weighted by atomic mass is 10.1. The highest BCUT2D eigenvalue weighted by molar-refractivity contribution is 5.72. The van der Waals surface area contributed by atoms with Crippen LogP contribution >= 0.6 is 0 Å². The number of rotatable bonds is 13. The molecule has 0 spiro atoms. The first-order chi connectivity index (χ1) is 10.7. The predicted octanol–water partition coefficient (Wildman–Crippen LogP) is 2.92. The number of ether oxygens (including phenoxy) is 4. The van der Waals surface area contributed by atoms with Gasteiger partial charge in [0.25, 0.3) is 0 Å². The average molecular weight is 314 g/mol. The molecule has 5 heteroatoms. The molecule has 0 heterocycles. The predicted molar refractivity (Wildman–Crippen MR) is 85.4 cm³/mol. The van der Waals surface area contributed by atoms with Crippen LogP contribution in [0, 0.1) is 11.8 Å². The Morgan fingerprint density at radius 3 is 2.55 bits per heavy atom. The van der Waals surface area contributed by atoms with Gasteiger partial charge in [-0.1, -0.05) is 25.2 Å². The molecule has 0 aliphatic rings. The summed E-state index contributed by atoms with van der Waals surface area (Å²) >= 11 is 0. The molecule has 0 aliphatic heterocycles. The Morgan fingerprint density at radius 2 is 1.82 bits per heavy atom. The van der Waals surface area contributed by atoms with Crippen molar-refractivity contribution in [3.8, 4) is 11.8 Å². The van der Waals surface area contributed by atoms with Gasteiger partial charge >= 0.3 is 5.97 Å². The van der Waals surface area contributed by atoms with Crippen LogP contribution in [0.5, 0.6) is 0 Å². The molecule has 0 aliphatic carbocycles. The molecule has 22 heavy (non-hydrogen) atoms. The van der Waals surface area contributed by atoms with E-state index >= 15 is 0 Å². The number of carbonyl (C=O) groups excluding carboxylic acids is 1. The number of esters is 1. The third kappa shape index (κ3) is 15.3. The highest BCUT2D eigenvalue weighted by atomic mass is 16.7. The van der Waals surface area contributed by atoms with Crippen molar-refractivity contribution < 1.29 is 23.7 Å². The van der Waals surface area contributed by atoms with Crippen LogP contribution in [0.15, 0.2) is 0 Å². The maximum Gasteiger partial charge on any atom is 0.317 e. The summed E-state index contributed by atoms with van der Waals surface area (Å²) in [5.41, 5.74) is 0. The normalized spacial score (nSPS) is 11.6. The Bertz CT molecular complexity index is 319. The molecule has 128 valence electrons. The summed E-state index contributed by atoms with van der Waals surface area (Å²) in [4.78, 5) is 10.8. The van der Waals surface area contributed by atoms with Crippen LogP contribution in [0.2, 0.25) is 0 Å². The number of hydrogen-bond donors (Lipinski definition) is 0. The molecule has 0 saturated carbocycles. The van der Waals surface area contributed by atoms with E-state index in [1.807, 2.05) is 0 Å². The molecule has 0 aromatic heterocycles. The largest absolute Gasteiger partial charge is 0.468 e. The highest BCUT2D eigenvalue weighted by Gasteiger charge is 2.01. The van der Waals surface area contributed by atoms with E-state index in [1.165, 1.54) is 13.5 Å². The van der Waals surface area contributed by atoms with Gasteiger partial charge in [-0.05, 0) is 19.8 Å². The van der Waals surface area contributed by atoms with Crippen LogP contribution in [0.1, 0.15) is 51.9 Å². The lowest BCUT2D eigenvalue weighted by molar-refractivity contribution is -0.139. The fraction of sp³-hybridized carbons (Fsp3) is 0.824. The van der Waals surface area contributed by atoms with Crippen molar-refractivity contribution in [2.45, 2.75) is 58.0 Å². The third-order valence-electron chi connectivity index (χ3n) is 3.12. The molecule has 0 aromatic carbocycles. The average Bonchev–Trinajstić information content (AvgIpc) is 2.52. The molecule has 0 fully saturated rings. The maximum atomic E-state index is 10.8. The molecule has 0 radical (unpaired) electrons. The standard InChI is InChI=1S/C17H30O5/c1-16(22-15-21-14-13-19-2)11-9-7-5-4-6-8-10-12-17(18)20-3/h16H,4-7,9,11-15H2,1-3H3/t16-/m1/s1. The lowest BCUT2D eigenvalue weighted by Crippen LogP contribution is -2.13. The van der Waals surface area contributed by atoms with Gasteiger partial charge < -0.3 is 18.9 Å². The topological polar surface area (TPSA) is 54.0 Å². The first kappa shape index (κ1) is 20.9. The fourth-order valence-corrected chi connectivity index (χ4v) is 1.74. The summed E-state index contributed by atoms with van der Waals surface area (Å²) in [7, 11) is 3.03. The Kier molecular flexibility index (Phi) is 15.5. The lowest BCUT2D eigenvalue weighted by Gasteiger charge is -2.12. The summed E-state index contributed by atoms with van der Waals surface area (Å²) in [6, 6.07) is 0. The molecule has 0 unspecified atom stereocenters. The van der Waals surface area contributed by atoms with E-state index in [-0.39, 0.29) is 18.5 Å². The van der Waals surface area contributed by atoms with Crippen molar-refractivity contribution in [1.82, 2.24) is 0 Å². The quantitative estimate of drug-likeness (QED) is 0.226. The minimum Gasteiger partial charge on any atom is -0.468 e. The summed E-state index contributed by atoms with van der Waals surface area (Å²) in [5.74, 6) is 5.54. The molecule has 5 nitrogen and oxygen atoms in total. The van der Waals surface area contributed by atoms with Gasteiger partial charge in [0.05, 0.1) is 26.4 Å². The zero-order valence-corrected chi connectivity index (χ0v) is 14.2. The number of hydrogen-bond acceptors (Lipinski definition) is 5. The first-order valence-corrected chi connectivity index (χ1v) is 7.91. The van der Waals surface area contributed by atoms with Crippen molar-refractivity contribution in [2.24, 2.45) is 0 Å². The SMILES string of the molecule is COCCOCO[C@H](C)CCCCCCC#CCC(=O)OC. The van der Waals surface area contributed by atoms with Crippen LogP contribution in [0.4, 0.5) is 0 Å². The molecule has 0 bridgehead atoms. The maximum absolute atomic E-state index is 10.8.